The van der Waals surface area contributed by atoms with Crippen LogP contribution in [0.15, 0.2) is 42.9 Å². The first kappa shape index (κ1) is 61.1. The van der Waals surface area contributed by atoms with Crippen molar-refractivity contribution in [2.75, 3.05) is 37.4 Å². The molecule has 67 heavy (non-hydrogen) atoms. The number of aromatic amines is 1. The van der Waals surface area contributed by atoms with E-state index in [1.165, 1.54) is 36.8 Å². The van der Waals surface area contributed by atoms with Gasteiger partial charge in [0.2, 0.25) is 35.4 Å². The van der Waals surface area contributed by atoms with Gasteiger partial charge >= 0.3 is 7.60 Å². The second kappa shape index (κ2) is 30.5. The third-order valence-corrected chi connectivity index (χ3v) is 11.3. The van der Waals surface area contributed by atoms with Crippen LogP contribution in [0.1, 0.15) is 112 Å². The van der Waals surface area contributed by atoms with Crippen molar-refractivity contribution in [3.8, 4) is 0 Å². The van der Waals surface area contributed by atoms with Crippen molar-refractivity contribution in [1.82, 2.24) is 36.1 Å². The Balaban J connectivity index is 0.0000111. The van der Waals surface area contributed by atoms with E-state index in [-0.39, 0.29) is 49.8 Å². The molecule has 380 valence electrons. The largest absolute Gasteiger partial charge is 0.373 e. The van der Waals surface area contributed by atoms with Crippen LogP contribution in [0.25, 0.3) is 0 Å². The first-order valence-electron chi connectivity index (χ1n) is 22.7. The van der Waals surface area contributed by atoms with Gasteiger partial charge in [-0.2, -0.15) is 0 Å². The van der Waals surface area contributed by atoms with Crippen molar-refractivity contribution >= 4 is 65.6 Å². The predicted octanol–water partition coefficient (Wildman–Crippen LogP) is 3.94. The summed E-state index contributed by atoms with van der Waals surface area (Å²) in [6.45, 7) is 16.4. The van der Waals surface area contributed by atoms with Gasteiger partial charge in [0.15, 0.2) is 0 Å². The molecule has 0 aliphatic heterocycles. The van der Waals surface area contributed by atoms with Gasteiger partial charge < -0.3 is 56.1 Å². The van der Waals surface area contributed by atoms with Crippen LogP contribution < -0.4 is 27.0 Å². The summed E-state index contributed by atoms with van der Waals surface area (Å²) >= 11 is 2.15. The number of amides is 6. The van der Waals surface area contributed by atoms with Crippen LogP contribution in [0.3, 0.4) is 0 Å². The SMILES string of the molecule is CC(C)C[C@H](NC(=O)CN(CCCCCCc1ccccc1)C(=O)CCOC(C)(C)COC(C)(C)C)C(=O)N[C@@H](Cc1cnc[nH]1)C(=O)N[C@@H](C)C(=O)N[C@H](C(N)=O)[C@@H](C)CP(=O)(O)O.CI. The fourth-order valence-electron chi connectivity index (χ4n) is 6.77. The third kappa shape index (κ3) is 27.0. The quantitative estimate of drug-likeness (QED) is 0.0239. The number of hydrogen-bond donors (Lipinski definition) is 8. The van der Waals surface area contributed by atoms with Crippen molar-refractivity contribution in [3.05, 3.63) is 54.1 Å². The summed E-state index contributed by atoms with van der Waals surface area (Å²) in [5.41, 5.74) is 6.12. The second-order valence-corrected chi connectivity index (χ2v) is 20.5. The minimum Gasteiger partial charge on any atom is -0.373 e. The summed E-state index contributed by atoms with van der Waals surface area (Å²) < 4.78 is 23.5. The molecule has 2 rings (SSSR count). The molecule has 1 aromatic carbocycles. The number of benzene rings is 1. The van der Waals surface area contributed by atoms with Crippen molar-refractivity contribution in [2.45, 2.75) is 149 Å². The molecule has 0 unspecified atom stereocenters. The van der Waals surface area contributed by atoms with E-state index in [1.54, 1.807) is 0 Å². The van der Waals surface area contributed by atoms with E-state index in [0.29, 0.717) is 25.3 Å². The Hall–Kier alpha value is -3.95. The number of aryl methyl sites for hydroxylation is 1. The van der Waals surface area contributed by atoms with E-state index in [4.69, 9.17) is 15.2 Å². The summed E-state index contributed by atoms with van der Waals surface area (Å²) in [7, 11) is -4.56. The maximum Gasteiger partial charge on any atom is 0.325 e. The molecule has 0 aliphatic rings. The summed E-state index contributed by atoms with van der Waals surface area (Å²) in [6.07, 6.45) is 6.59. The molecule has 21 heteroatoms. The van der Waals surface area contributed by atoms with Crippen LogP contribution in [0, 0.1) is 11.8 Å². The van der Waals surface area contributed by atoms with Gasteiger partial charge in [0.1, 0.15) is 24.2 Å². The molecule has 0 saturated carbocycles. The normalized spacial score (nSPS) is 14.1. The van der Waals surface area contributed by atoms with Gasteiger partial charge in [-0.1, -0.05) is 86.5 Å². The van der Waals surface area contributed by atoms with Crippen molar-refractivity contribution < 1.29 is 52.6 Å². The fraction of sp³-hybridized carbons (Fsp3) is 0.674. The van der Waals surface area contributed by atoms with Crippen LogP contribution in [0.4, 0.5) is 0 Å². The maximum atomic E-state index is 14.0. The van der Waals surface area contributed by atoms with Crippen molar-refractivity contribution in [3.63, 3.8) is 0 Å². The zero-order chi connectivity index (χ0) is 51.0. The number of primary amides is 1. The van der Waals surface area contributed by atoms with Crippen LogP contribution in [-0.4, -0.2) is 133 Å². The van der Waals surface area contributed by atoms with Crippen LogP contribution in [-0.2, 0) is 55.6 Å². The van der Waals surface area contributed by atoms with E-state index in [9.17, 15) is 43.1 Å². The van der Waals surface area contributed by atoms with Gasteiger partial charge in [-0.25, -0.2) is 4.98 Å². The molecule has 0 aliphatic carbocycles. The lowest BCUT2D eigenvalue weighted by molar-refractivity contribution is -0.141. The highest BCUT2D eigenvalue weighted by Crippen LogP contribution is 2.37. The Morgan fingerprint density at radius 2 is 1.48 bits per heavy atom. The van der Waals surface area contributed by atoms with Gasteiger partial charge in [0.05, 0.1) is 49.9 Å². The van der Waals surface area contributed by atoms with Gasteiger partial charge in [-0.05, 0) is 89.6 Å². The number of H-pyrrole nitrogens is 1. The van der Waals surface area contributed by atoms with Crippen LogP contribution in [0.5, 0.6) is 0 Å². The topological polar surface area (TPSA) is 284 Å². The molecule has 6 amide bonds. The fourth-order valence-corrected chi connectivity index (χ4v) is 7.73. The highest BCUT2D eigenvalue weighted by atomic mass is 127. The summed E-state index contributed by atoms with van der Waals surface area (Å²) in [4.78, 5) is 110. The van der Waals surface area contributed by atoms with E-state index < -0.39 is 79.0 Å². The highest BCUT2D eigenvalue weighted by molar-refractivity contribution is 14.1. The number of imidazole rings is 1. The maximum absolute atomic E-state index is 14.0. The Morgan fingerprint density at radius 3 is 2.04 bits per heavy atom. The molecule has 9 N–H and O–H groups in total. The number of hydrogen-bond acceptors (Lipinski definition) is 10. The number of rotatable bonds is 30. The minimum atomic E-state index is -4.56. The predicted molar refractivity (Wildman–Crippen MR) is 266 cm³/mol. The molecule has 0 saturated heterocycles. The molecule has 19 nitrogen and oxygen atoms in total. The third-order valence-electron chi connectivity index (χ3n) is 10.3. The van der Waals surface area contributed by atoms with Crippen molar-refractivity contribution in [1.29, 1.82) is 0 Å². The summed E-state index contributed by atoms with van der Waals surface area (Å²) in [5.74, 6) is -5.35. The number of ether oxygens (including phenoxy) is 2. The molecule has 5 atom stereocenters. The molecule has 2 aromatic rings. The Bertz CT molecular complexity index is 1860. The highest BCUT2D eigenvalue weighted by Gasteiger charge is 2.34. The zero-order valence-corrected chi connectivity index (χ0v) is 44.1. The monoisotopic (exact) mass is 1080 g/mol. The smallest absolute Gasteiger partial charge is 0.325 e. The van der Waals surface area contributed by atoms with Gasteiger partial charge in [-0.3, -0.25) is 33.3 Å². The number of alkyl halides is 1. The van der Waals surface area contributed by atoms with E-state index >= 15 is 0 Å². The first-order chi connectivity index (χ1) is 31.2. The van der Waals surface area contributed by atoms with E-state index in [2.05, 4.69) is 66.0 Å². The Kier molecular flexibility index (Phi) is 27.8. The number of carbonyl (C=O) groups is 6. The lowest BCUT2D eigenvalue weighted by Gasteiger charge is -2.30. The molecule has 1 heterocycles. The lowest BCUT2D eigenvalue weighted by atomic mass is 10.0. The number of halogens is 1. The molecule has 0 fully saturated rings. The number of nitrogens with two attached hydrogens (primary N) is 1. The minimum absolute atomic E-state index is 0.0204. The van der Waals surface area contributed by atoms with Gasteiger partial charge in [0, 0.05) is 24.9 Å². The number of carbonyl (C=O) groups excluding carboxylic acids is 6. The summed E-state index contributed by atoms with van der Waals surface area (Å²) in [6, 6.07) is 5.04. The van der Waals surface area contributed by atoms with Gasteiger partial charge in [-0.15, -0.1) is 0 Å². The van der Waals surface area contributed by atoms with Crippen molar-refractivity contribution in [2.24, 2.45) is 17.6 Å². The lowest BCUT2D eigenvalue weighted by Crippen LogP contribution is -2.59. The summed E-state index contributed by atoms with van der Waals surface area (Å²) in [5, 5.41) is 10.3. The van der Waals surface area contributed by atoms with Gasteiger partial charge in [0.25, 0.3) is 0 Å². The van der Waals surface area contributed by atoms with E-state index in [1.807, 2.05) is 71.6 Å². The standard InChI is InChI=1S/C45H75N8O11P.CH3I/c1-30(2)23-35(43(59)51-36(24-34-25-47-29-48-34)42(58)49-32(4)41(57)52-39(40(46)56)31(3)27-65(60,61)62)50-37(54)26-53(21-16-11-10-13-17-33-18-14-12-15-19-33)38(55)20-22-63-45(8,9)28-64-44(5,6)7;1-2/h12,14-15,18-19,25,29-32,35-36,39H,10-11,13,16-17,20-24,26-28H2,1-9H3,(H2,46,56)(H,47,48)(H,49,58)(H,50,54)(H,51,59)(H,52,57)(H2,60,61,62);1H3/t31-,32-,35-,36-,39-;/m0./s1. The number of aromatic nitrogens is 2. The zero-order valence-electron chi connectivity index (χ0n) is 41.1. The number of nitrogens with one attached hydrogen (secondary N) is 5. The van der Waals surface area contributed by atoms with E-state index in [0.717, 1.165) is 25.7 Å². The first-order valence-corrected chi connectivity index (χ1v) is 26.7. The number of unbranched alkanes of at least 4 members (excludes halogenated alkanes) is 3. The van der Waals surface area contributed by atoms with Crippen LogP contribution in [0.2, 0.25) is 0 Å². The Morgan fingerprint density at radius 1 is 0.851 bits per heavy atom. The van der Waals surface area contributed by atoms with Crippen LogP contribution >= 0.6 is 30.2 Å². The average molecular weight is 1080 g/mol. The second-order valence-electron chi connectivity index (χ2n) is 18.8. The molecule has 0 bridgehead atoms. The molecule has 0 spiro atoms. The Labute approximate surface area is 410 Å². The number of nitrogens with zero attached hydrogens (tertiary/aromatic N) is 2. The molecular formula is C46H78IN8O11P. The molecule has 0 radical (unpaired) electrons. The average Bonchev–Trinajstić information content (AvgIpc) is 3.75. The molecule has 1 aromatic heterocycles. The molecular weight excluding hydrogens is 998 g/mol.